The smallest absolute Gasteiger partial charge is 0.225 e. The Morgan fingerprint density at radius 1 is 1.48 bits per heavy atom. The highest BCUT2D eigenvalue weighted by Gasteiger charge is 2.28. The number of carbonyl (C=O) groups excluding carboxylic acids is 1. The average molecular weight is 290 g/mol. The summed E-state index contributed by atoms with van der Waals surface area (Å²) in [6, 6.07) is 6.77. The molecule has 1 amide bonds. The second-order valence-electron chi connectivity index (χ2n) is 5.21. The van der Waals surface area contributed by atoms with Crippen LogP contribution in [0.15, 0.2) is 18.2 Å². The van der Waals surface area contributed by atoms with Crippen LogP contribution in [0.3, 0.4) is 0 Å². The molecule has 5 nitrogen and oxygen atoms in total. The predicted molar refractivity (Wildman–Crippen MR) is 78.9 cm³/mol. The number of anilines is 2. The van der Waals surface area contributed by atoms with Crippen molar-refractivity contribution >= 4 is 17.3 Å². The molecular formula is C15H19FN4O. The van der Waals surface area contributed by atoms with Gasteiger partial charge >= 0.3 is 0 Å². The van der Waals surface area contributed by atoms with Crippen molar-refractivity contribution in [3.8, 4) is 6.07 Å². The standard InChI is InChI=1S/C15H19FN4O/c16-13-5-2-11(10-14(13)18)19-15(21)6-9-20(8-1-7-17)12-3-4-12/h2,5,10,12H,1,3-4,6,8-9,18H2,(H,19,21). The summed E-state index contributed by atoms with van der Waals surface area (Å²) in [7, 11) is 0. The van der Waals surface area contributed by atoms with Crippen LogP contribution in [0.25, 0.3) is 0 Å². The number of nitrogens with two attached hydrogens (primary N) is 1. The predicted octanol–water partition coefficient (Wildman–Crippen LogP) is 2.11. The van der Waals surface area contributed by atoms with Gasteiger partial charge in [0, 0.05) is 37.7 Å². The van der Waals surface area contributed by atoms with Gasteiger partial charge < -0.3 is 11.1 Å². The molecule has 0 aromatic heterocycles. The van der Waals surface area contributed by atoms with Crippen molar-refractivity contribution in [2.24, 2.45) is 0 Å². The largest absolute Gasteiger partial charge is 0.396 e. The molecule has 1 fully saturated rings. The first kappa shape index (κ1) is 15.3. The van der Waals surface area contributed by atoms with Crippen molar-refractivity contribution in [2.75, 3.05) is 24.1 Å². The highest BCUT2D eigenvalue weighted by atomic mass is 19.1. The number of nitrogen functional groups attached to an aromatic ring is 1. The van der Waals surface area contributed by atoms with E-state index in [0.29, 0.717) is 37.7 Å². The van der Waals surface area contributed by atoms with Gasteiger partial charge in [-0.15, -0.1) is 0 Å². The van der Waals surface area contributed by atoms with Crippen molar-refractivity contribution in [3.63, 3.8) is 0 Å². The van der Waals surface area contributed by atoms with Crippen LogP contribution >= 0.6 is 0 Å². The first-order valence-electron chi connectivity index (χ1n) is 7.06. The van der Waals surface area contributed by atoms with Crippen molar-refractivity contribution in [3.05, 3.63) is 24.0 Å². The highest BCUT2D eigenvalue weighted by Crippen LogP contribution is 2.27. The SMILES string of the molecule is N#CCCN(CCC(=O)Nc1ccc(F)c(N)c1)C1CC1. The normalized spacial score (nSPS) is 14.0. The summed E-state index contributed by atoms with van der Waals surface area (Å²) in [5, 5.41) is 11.3. The molecule has 1 aliphatic rings. The topological polar surface area (TPSA) is 82.2 Å². The minimum absolute atomic E-state index is 0.0152. The van der Waals surface area contributed by atoms with Crippen molar-refractivity contribution in [2.45, 2.75) is 31.7 Å². The van der Waals surface area contributed by atoms with Crippen LogP contribution in [0, 0.1) is 17.1 Å². The summed E-state index contributed by atoms with van der Waals surface area (Å²) in [5.41, 5.74) is 5.97. The maximum absolute atomic E-state index is 13.0. The van der Waals surface area contributed by atoms with Gasteiger partial charge in [0.2, 0.25) is 5.91 Å². The minimum Gasteiger partial charge on any atom is -0.396 e. The first-order valence-corrected chi connectivity index (χ1v) is 7.06. The summed E-state index contributed by atoms with van der Waals surface area (Å²) < 4.78 is 13.0. The van der Waals surface area contributed by atoms with E-state index in [-0.39, 0.29) is 11.6 Å². The van der Waals surface area contributed by atoms with Crippen LogP contribution in [0.4, 0.5) is 15.8 Å². The van der Waals surface area contributed by atoms with Crippen LogP contribution in [0.5, 0.6) is 0 Å². The van der Waals surface area contributed by atoms with Gasteiger partial charge in [-0.25, -0.2) is 4.39 Å². The number of hydrogen-bond donors (Lipinski definition) is 2. The number of nitrogens with zero attached hydrogens (tertiary/aromatic N) is 2. The molecule has 112 valence electrons. The number of halogens is 1. The third-order valence-electron chi connectivity index (χ3n) is 3.48. The van der Waals surface area contributed by atoms with E-state index in [0.717, 1.165) is 12.8 Å². The third-order valence-corrected chi connectivity index (χ3v) is 3.48. The molecule has 0 unspecified atom stereocenters. The fourth-order valence-electron chi connectivity index (χ4n) is 2.20. The molecule has 0 radical (unpaired) electrons. The Morgan fingerprint density at radius 2 is 2.24 bits per heavy atom. The molecule has 21 heavy (non-hydrogen) atoms. The fourth-order valence-corrected chi connectivity index (χ4v) is 2.20. The lowest BCUT2D eigenvalue weighted by molar-refractivity contribution is -0.116. The number of amides is 1. The van der Waals surface area contributed by atoms with Crippen LogP contribution in [0.1, 0.15) is 25.7 Å². The summed E-state index contributed by atoms with van der Waals surface area (Å²) in [5.74, 6) is -0.631. The van der Waals surface area contributed by atoms with Gasteiger partial charge in [0.05, 0.1) is 11.8 Å². The number of benzene rings is 1. The van der Waals surface area contributed by atoms with Crippen molar-refractivity contribution < 1.29 is 9.18 Å². The Morgan fingerprint density at radius 3 is 2.86 bits per heavy atom. The van der Waals surface area contributed by atoms with E-state index >= 15 is 0 Å². The lowest BCUT2D eigenvalue weighted by atomic mass is 10.2. The molecule has 0 aliphatic heterocycles. The zero-order valence-corrected chi connectivity index (χ0v) is 11.8. The average Bonchev–Trinajstić information content (AvgIpc) is 3.27. The molecule has 6 heteroatoms. The van der Waals surface area contributed by atoms with E-state index in [1.807, 2.05) is 0 Å². The molecule has 2 rings (SSSR count). The van der Waals surface area contributed by atoms with Gasteiger partial charge in [0.15, 0.2) is 0 Å². The fraction of sp³-hybridized carbons (Fsp3) is 0.467. The molecule has 1 saturated carbocycles. The maximum Gasteiger partial charge on any atom is 0.225 e. The molecule has 0 heterocycles. The summed E-state index contributed by atoms with van der Waals surface area (Å²) in [6.45, 7) is 1.34. The zero-order chi connectivity index (χ0) is 15.2. The number of nitriles is 1. The summed E-state index contributed by atoms with van der Waals surface area (Å²) in [6.07, 6.45) is 3.11. The van der Waals surface area contributed by atoms with Crippen molar-refractivity contribution in [1.29, 1.82) is 5.26 Å². The van der Waals surface area contributed by atoms with Crippen LogP contribution in [0.2, 0.25) is 0 Å². The molecule has 1 aliphatic carbocycles. The second-order valence-corrected chi connectivity index (χ2v) is 5.21. The van der Waals surface area contributed by atoms with E-state index in [4.69, 9.17) is 11.0 Å². The number of hydrogen-bond acceptors (Lipinski definition) is 4. The quantitative estimate of drug-likeness (QED) is 0.754. The molecule has 1 aromatic carbocycles. The van der Waals surface area contributed by atoms with Gasteiger partial charge in [0.1, 0.15) is 5.82 Å². The summed E-state index contributed by atoms with van der Waals surface area (Å²) in [4.78, 5) is 14.1. The lowest BCUT2D eigenvalue weighted by Gasteiger charge is -2.20. The Kier molecular flexibility index (Phi) is 5.12. The van der Waals surface area contributed by atoms with Crippen LogP contribution in [-0.2, 0) is 4.79 Å². The highest BCUT2D eigenvalue weighted by molar-refractivity contribution is 5.91. The van der Waals surface area contributed by atoms with E-state index in [1.54, 1.807) is 0 Å². The number of nitrogens with one attached hydrogen (secondary N) is 1. The van der Waals surface area contributed by atoms with E-state index in [9.17, 15) is 9.18 Å². The molecule has 3 N–H and O–H groups in total. The zero-order valence-electron chi connectivity index (χ0n) is 11.8. The third kappa shape index (κ3) is 4.72. The van der Waals surface area contributed by atoms with Gasteiger partial charge in [-0.2, -0.15) is 5.26 Å². The van der Waals surface area contributed by atoms with Gasteiger partial charge in [-0.1, -0.05) is 0 Å². The van der Waals surface area contributed by atoms with Crippen LogP contribution < -0.4 is 11.1 Å². The molecule has 0 bridgehead atoms. The van der Waals surface area contributed by atoms with Crippen LogP contribution in [-0.4, -0.2) is 29.9 Å². The molecular weight excluding hydrogens is 271 g/mol. The summed E-state index contributed by atoms with van der Waals surface area (Å²) >= 11 is 0. The van der Waals surface area contributed by atoms with Gasteiger partial charge in [-0.05, 0) is 31.0 Å². The molecule has 1 aromatic rings. The van der Waals surface area contributed by atoms with E-state index < -0.39 is 5.82 Å². The Labute approximate surface area is 123 Å². The van der Waals surface area contributed by atoms with E-state index in [1.165, 1.54) is 18.2 Å². The number of carbonyl (C=O) groups is 1. The molecule has 0 atom stereocenters. The number of rotatable bonds is 7. The lowest BCUT2D eigenvalue weighted by Crippen LogP contribution is -2.30. The minimum atomic E-state index is -0.496. The van der Waals surface area contributed by atoms with Gasteiger partial charge in [0.25, 0.3) is 0 Å². The molecule has 0 spiro atoms. The monoisotopic (exact) mass is 290 g/mol. The van der Waals surface area contributed by atoms with E-state index in [2.05, 4.69) is 16.3 Å². The Bertz CT molecular complexity index is 551. The second kappa shape index (κ2) is 7.04. The Hall–Kier alpha value is -2.13. The first-order chi connectivity index (χ1) is 10.1. The maximum atomic E-state index is 13.0. The van der Waals surface area contributed by atoms with Crippen molar-refractivity contribution in [1.82, 2.24) is 4.90 Å². The Balaban J connectivity index is 1.80. The molecule has 0 saturated heterocycles. The van der Waals surface area contributed by atoms with Gasteiger partial charge in [-0.3, -0.25) is 9.69 Å².